The lowest BCUT2D eigenvalue weighted by Gasteiger charge is -2.32. The van der Waals surface area contributed by atoms with Gasteiger partial charge in [-0.1, -0.05) is 174 Å². The van der Waals surface area contributed by atoms with Crippen LogP contribution in [0.25, 0.3) is 0 Å². The van der Waals surface area contributed by atoms with E-state index in [0.717, 1.165) is 103 Å². The van der Waals surface area contributed by atoms with Gasteiger partial charge in [0.2, 0.25) is 11.8 Å². The zero-order chi connectivity index (χ0) is 53.7. The molecule has 0 saturated heterocycles. The molecule has 0 aliphatic carbocycles. The first kappa shape index (κ1) is 70.3. The van der Waals surface area contributed by atoms with Crippen molar-refractivity contribution in [1.82, 2.24) is 20.0 Å². The number of likely N-dealkylation sites (N-methyl/N-ethyl adjacent to an activating group) is 1. The molecule has 0 rings (SSSR count). The van der Waals surface area contributed by atoms with E-state index in [1.54, 1.807) is 0 Å². The van der Waals surface area contributed by atoms with Gasteiger partial charge >= 0.3 is 11.9 Å². The Morgan fingerprint density at radius 3 is 1.52 bits per heavy atom. The number of amides is 2. The maximum absolute atomic E-state index is 14.2. The third-order valence-corrected chi connectivity index (χ3v) is 14.2. The van der Waals surface area contributed by atoms with Crippen molar-refractivity contribution in [1.29, 1.82) is 0 Å². The van der Waals surface area contributed by atoms with Gasteiger partial charge in [-0.25, -0.2) is 0 Å². The van der Waals surface area contributed by atoms with E-state index in [-0.39, 0.29) is 36.3 Å². The summed E-state index contributed by atoms with van der Waals surface area (Å²) in [5, 5.41) is 3.24. The minimum atomic E-state index is -0.584. The minimum absolute atomic E-state index is 0.0178. The van der Waals surface area contributed by atoms with Crippen LogP contribution >= 0.6 is 0 Å². The number of hydrogen-bond acceptors (Lipinski definition) is 8. The fourth-order valence-corrected chi connectivity index (χ4v) is 9.38. The van der Waals surface area contributed by atoms with Gasteiger partial charge in [0, 0.05) is 38.9 Å². The van der Waals surface area contributed by atoms with Gasteiger partial charge in [0.05, 0.1) is 6.61 Å². The molecule has 0 spiro atoms. The van der Waals surface area contributed by atoms with Crippen LogP contribution in [0.2, 0.25) is 0 Å². The second kappa shape index (κ2) is 54.1. The van der Waals surface area contributed by atoms with E-state index in [1.807, 2.05) is 19.0 Å². The van der Waals surface area contributed by atoms with Crippen LogP contribution in [0.4, 0.5) is 0 Å². The molecule has 0 aromatic carbocycles. The lowest BCUT2D eigenvalue weighted by Crippen LogP contribution is -2.51. The maximum atomic E-state index is 14.2. The first-order chi connectivity index (χ1) is 35.6. The third-order valence-electron chi connectivity index (χ3n) is 14.2. The van der Waals surface area contributed by atoms with E-state index < -0.39 is 6.04 Å². The van der Waals surface area contributed by atoms with Gasteiger partial charge in [-0.3, -0.25) is 19.2 Å². The number of nitrogens with zero attached hydrogens (tertiary/aromatic N) is 3. The topological polar surface area (TPSA) is 108 Å². The number of carbonyl (C=O) groups is 4. The summed E-state index contributed by atoms with van der Waals surface area (Å²) >= 11 is 0. The Bertz CT molecular complexity index is 1300. The molecule has 0 bridgehead atoms. The lowest BCUT2D eigenvalue weighted by molar-refractivity contribution is -0.150. The molecule has 0 aromatic rings. The fourth-order valence-electron chi connectivity index (χ4n) is 9.38. The van der Waals surface area contributed by atoms with Crippen LogP contribution in [0.15, 0.2) is 24.3 Å². The van der Waals surface area contributed by atoms with Crippen molar-refractivity contribution >= 4 is 23.8 Å². The highest BCUT2D eigenvalue weighted by molar-refractivity contribution is 5.87. The molecule has 0 aliphatic rings. The van der Waals surface area contributed by atoms with Crippen molar-refractivity contribution < 1.29 is 28.7 Å². The van der Waals surface area contributed by atoms with E-state index >= 15 is 0 Å². The molecule has 10 nitrogen and oxygen atoms in total. The fraction of sp³-hybridized carbons (Fsp3) is 0.873. The summed E-state index contributed by atoms with van der Waals surface area (Å²) in [7, 11) is 3.99. The molecular weight excluding hydrogens is 909 g/mol. The highest BCUT2D eigenvalue weighted by Gasteiger charge is 2.29. The van der Waals surface area contributed by atoms with Crippen LogP contribution < -0.4 is 5.32 Å². The Morgan fingerprint density at radius 2 is 0.918 bits per heavy atom. The number of rotatable bonds is 55. The third kappa shape index (κ3) is 46.3. The Kier molecular flexibility index (Phi) is 52.1. The van der Waals surface area contributed by atoms with E-state index in [2.05, 4.69) is 74.0 Å². The molecule has 1 N–H and O–H groups in total. The summed E-state index contributed by atoms with van der Waals surface area (Å²) in [6.07, 6.45) is 49.0. The number of unbranched alkanes of at least 4 members (excludes halogenated alkanes) is 23. The molecule has 2 amide bonds. The van der Waals surface area contributed by atoms with Crippen LogP contribution in [0.3, 0.4) is 0 Å². The number of nitrogens with one attached hydrogen (secondary N) is 1. The Labute approximate surface area is 452 Å². The standard InChI is InChI=1S/C63H120N4O6/c1-8-13-18-21-24-25-26-27-28-29-30-31-32-35-40-49-61(69)72-57-43-36-39-47-59(63(71)64-51-44-54-66(52-16-11-4)53-17-12-5)67(56-55-65(6)7)60(68)48-41-42-50-62(70)73-58(45-37-33-22-19-14-9-2)46-38-34-23-20-15-10-3/h24-25,27-28,58-59H,8-23,26,29-57H2,1-7H3,(H,64,71)/b25-24-,28-27-. The molecule has 0 aromatic heterocycles. The van der Waals surface area contributed by atoms with Crippen LogP contribution in [0.1, 0.15) is 285 Å². The number of carbonyl (C=O) groups excluding carboxylic acids is 4. The van der Waals surface area contributed by atoms with E-state index in [9.17, 15) is 19.2 Å². The van der Waals surface area contributed by atoms with Crippen molar-refractivity contribution in [2.24, 2.45) is 0 Å². The van der Waals surface area contributed by atoms with Crippen molar-refractivity contribution in [2.45, 2.75) is 297 Å². The maximum Gasteiger partial charge on any atom is 0.306 e. The minimum Gasteiger partial charge on any atom is -0.466 e. The van der Waals surface area contributed by atoms with E-state index in [0.29, 0.717) is 58.3 Å². The summed E-state index contributed by atoms with van der Waals surface area (Å²) in [4.78, 5) is 60.5. The summed E-state index contributed by atoms with van der Waals surface area (Å²) in [5.74, 6) is -0.395. The highest BCUT2D eigenvalue weighted by atomic mass is 16.5. The monoisotopic (exact) mass is 1030 g/mol. The summed E-state index contributed by atoms with van der Waals surface area (Å²) in [6.45, 7) is 16.4. The lowest BCUT2D eigenvalue weighted by atomic mass is 10.0. The average molecular weight is 1030 g/mol. The van der Waals surface area contributed by atoms with E-state index in [4.69, 9.17) is 9.47 Å². The van der Waals surface area contributed by atoms with E-state index in [1.165, 1.54) is 128 Å². The van der Waals surface area contributed by atoms with Gasteiger partial charge < -0.3 is 29.5 Å². The quantitative estimate of drug-likeness (QED) is 0.0365. The summed E-state index contributed by atoms with van der Waals surface area (Å²) in [6, 6.07) is -0.584. The number of allylic oxidation sites excluding steroid dienone is 4. The Morgan fingerprint density at radius 1 is 0.452 bits per heavy atom. The van der Waals surface area contributed by atoms with Crippen LogP contribution in [0, 0.1) is 0 Å². The second-order valence-corrected chi connectivity index (χ2v) is 21.6. The van der Waals surface area contributed by atoms with Crippen LogP contribution in [-0.2, 0) is 28.7 Å². The second-order valence-electron chi connectivity index (χ2n) is 21.6. The zero-order valence-corrected chi connectivity index (χ0v) is 49.3. The van der Waals surface area contributed by atoms with Crippen molar-refractivity contribution in [3.63, 3.8) is 0 Å². The molecule has 1 unspecified atom stereocenters. The highest BCUT2D eigenvalue weighted by Crippen LogP contribution is 2.20. The van der Waals surface area contributed by atoms with Gasteiger partial charge in [-0.05, 0) is 149 Å². The molecular formula is C63H120N4O6. The normalized spacial score (nSPS) is 12.2. The smallest absolute Gasteiger partial charge is 0.306 e. The van der Waals surface area contributed by atoms with Gasteiger partial charge in [0.1, 0.15) is 12.1 Å². The summed E-state index contributed by atoms with van der Waals surface area (Å²) in [5.41, 5.74) is 0. The molecule has 0 saturated carbocycles. The predicted molar refractivity (Wildman–Crippen MR) is 311 cm³/mol. The summed E-state index contributed by atoms with van der Waals surface area (Å²) < 4.78 is 11.7. The van der Waals surface area contributed by atoms with Gasteiger partial charge in [-0.2, -0.15) is 0 Å². The van der Waals surface area contributed by atoms with Gasteiger partial charge in [0.15, 0.2) is 0 Å². The molecule has 0 heterocycles. The Hall–Kier alpha value is -2.72. The molecule has 428 valence electrons. The number of esters is 2. The molecule has 0 fully saturated rings. The van der Waals surface area contributed by atoms with Crippen LogP contribution in [-0.4, -0.2) is 111 Å². The van der Waals surface area contributed by atoms with Crippen molar-refractivity contribution in [3.05, 3.63) is 24.3 Å². The molecule has 10 heteroatoms. The molecule has 0 radical (unpaired) electrons. The van der Waals surface area contributed by atoms with Gasteiger partial charge in [0.25, 0.3) is 0 Å². The predicted octanol–water partition coefficient (Wildman–Crippen LogP) is 16.0. The Balaban J connectivity index is 5.32. The zero-order valence-electron chi connectivity index (χ0n) is 49.3. The molecule has 73 heavy (non-hydrogen) atoms. The SMILES string of the molecule is CCCCC/C=C\C/C=C\CCCCCCCC(=O)OCCCCCC(C(=O)NCCCN(CCCC)CCCC)N(CCN(C)C)C(=O)CCCCC(=O)OC(CCCCCCCC)CCCCCCCC. The first-order valence-corrected chi connectivity index (χ1v) is 31.2. The van der Waals surface area contributed by atoms with Crippen molar-refractivity contribution in [2.75, 3.05) is 60.0 Å². The van der Waals surface area contributed by atoms with Gasteiger partial charge in [-0.15, -0.1) is 0 Å². The number of ether oxygens (including phenoxy) is 2. The van der Waals surface area contributed by atoms with Crippen molar-refractivity contribution in [3.8, 4) is 0 Å². The number of hydrogen-bond donors (Lipinski definition) is 1. The largest absolute Gasteiger partial charge is 0.466 e. The molecule has 0 aliphatic heterocycles. The molecule has 1 atom stereocenters. The van der Waals surface area contributed by atoms with Crippen LogP contribution in [0.5, 0.6) is 0 Å². The first-order valence-electron chi connectivity index (χ1n) is 31.2. The average Bonchev–Trinajstić information content (AvgIpc) is 3.37.